The lowest BCUT2D eigenvalue weighted by Gasteiger charge is -2.32. The number of hydrogen-bond acceptors (Lipinski definition) is 4. The molecule has 0 spiro atoms. The van der Waals surface area contributed by atoms with E-state index in [9.17, 15) is 4.79 Å². The molecule has 5 rings (SSSR count). The fourth-order valence-corrected chi connectivity index (χ4v) is 4.82. The van der Waals surface area contributed by atoms with Gasteiger partial charge in [-0.1, -0.05) is 18.2 Å². The van der Waals surface area contributed by atoms with Crippen LogP contribution in [-0.2, 0) is 18.0 Å². The molecule has 32 heavy (non-hydrogen) atoms. The summed E-state index contributed by atoms with van der Waals surface area (Å²) in [7, 11) is 0. The number of nitrogens with zero attached hydrogens (tertiary/aromatic N) is 3. The lowest BCUT2D eigenvalue weighted by molar-refractivity contribution is 0.0712. The van der Waals surface area contributed by atoms with E-state index in [1.54, 1.807) is 0 Å². The zero-order chi connectivity index (χ0) is 22.2. The molecule has 162 valence electrons. The topological polar surface area (TPSA) is 82.0 Å². The van der Waals surface area contributed by atoms with Crippen LogP contribution in [-0.4, -0.2) is 33.9 Å². The van der Waals surface area contributed by atoms with Crippen LogP contribution in [0, 0.1) is 25.2 Å². The Morgan fingerprint density at radius 1 is 1.12 bits per heavy atom. The number of nitriles is 1. The molecule has 0 unspecified atom stereocenters. The quantitative estimate of drug-likeness (QED) is 0.663. The summed E-state index contributed by atoms with van der Waals surface area (Å²) >= 11 is 0. The number of carbonyl (C=O) groups is 1. The first kappa shape index (κ1) is 20.5. The highest BCUT2D eigenvalue weighted by Gasteiger charge is 2.26. The van der Waals surface area contributed by atoms with Crippen molar-refractivity contribution in [1.82, 2.24) is 14.9 Å². The van der Waals surface area contributed by atoms with Crippen LogP contribution in [0.1, 0.15) is 62.8 Å². The predicted octanol–water partition coefficient (Wildman–Crippen LogP) is 4.62. The van der Waals surface area contributed by atoms with Gasteiger partial charge in [0.15, 0.2) is 0 Å². The minimum Gasteiger partial charge on any atom is -0.369 e. The number of benzene rings is 2. The number of aromatic nitrogens is 2. The summed E-state index contributed by atoms with van der Waals surface area (Å²) in [5, 5.41) is 9.00. The minimum absolute atomic E-state index is 0.0875. The number of fused-ring (bicyclic) bond motifs is 1. The van der Waals surface area contributed by atoms with E-state index < -0.39 is 0 Å². The number of piperidine rings is 1. The van der Waals surface area contributed by atoms with Gasteiger partial charge in [0.25, 0.3) is 5.91 Å². The molecule has 1 saturated heterocycles. The van der Waals surface area contributed by atoms with E-state index in [0.29, 0.717) is 24.7 Å². The zero-order valence-corrected chi connectivity index (χ0v) is 18.4. The van der Waals surface area contributed by atoms with E-state index in [4.69, 9.17) is 15.0 Å². The van der Waals surface area contributed by atoms with Crippen molar-refractivity contribution >= 4 is 5.91 Å². The Labute approximate surface area is 187 Å². The van der Waals surface area contributed by atoms with Crippen LogP contribution in [0.4, 0.5) is 0 Å². The van der Waals surface area contributed by atoms with Gasteiger partial charge in [-0.25, -0.2) is 4.98 Å². The molecular weight excluding hydrogens is 400 g/mol. The summed E-state index contributed by atoms with van der Waals surface area (Å²) < 4.78 is 5.42. The molecule has 1 fully saturated rings. The third-order valence-corrected chi connectivity index (χ3v) is 6.70. The number of imidazole rings is 1. The molecule has 3 aromatic rings. The molecule has 6 heteroatoms. The van der Waals surface area contributed by atoms with E-state index in [2.05, 4.69) is 24.0 Å². The lowest BCUT2D eigenvalue weighted by atomic mass is 9.88. The average molecular weight is 427 g/mol. The number of H-pyrrole nitrogens is 1. The van der Waals surface area contributed by atoms with Crippen molar-refractivity contribution < 1.29 is 9.53 Å². The molecule has 3 heterocycles. The standard InChI is InChI=1S/C26H26N4O2/c1-16-11-17(2)22(12-21(16)25-28-23-14-32-15-24(23)29-25)26(31)30-9-7-20(8-10-30)19-5-3-18(13-27)4-6-19/h3-6,11-12,20H,7-10,14-15H2,1-2H3,(H,28,29). The Morgan fingerprint density at radius 3 is 2.56 bits per heavy atom. The number of hydrogen-bond donors (Lipinski definition) is 1. The smallest absolute Gasteiger partial charge is 0.254 e. The van der Waals surface area contributed by atoms with Crippen molar-refractivity contribution in [3.63, 3.8) is 0 Å². The molecule has 0 atom stereocenters. The molecular formula is C26H26N4O2. The number of ether oxygens (including phenoxy) is 1. The molecule has 0 radical (unpaired) electrons. The van der Waals surface area contributed by atoms with Gasteiger partial charge in [0.2, 0.25) is 0 Å². The number of nitrogens with one attached hydrogen (secondary N) is 1. The Morgan fingerprint density at radius 2 is 1.88 bits per heavy atom. The van der Waals surface area contributed by atoms with Gasteiger partial charge in [-0.15, -0.1) is 0 Å². The maximum atomic E-state index is 13.4. The van der Waals surface area contributed by atoms with Crippen molar-refractivity contribution in [3.8, 4) is 17.5 Å². The number of aromatic amines is 1. The second kappa shape index (κ2) is 8.25. The molecule has 1 amide bonds. The second-order valence-electron chi connectivity index (χ2n) is 8.79. The SMILES string of the molecule is Cc1cc(C)c(-c2nc3c([nH]2)COC3)cc1C(=O)N1CCC(c2ccc(C#N)cc2)CC1. The maximum Gasteiger partial charge on any atom is 0.254 e. The first-order valence-electron chi connectivity index (χ1n) is 11.1. The number of likely N-dealkylation sites (tertiary alicyclic amines) is 1. The van der Waals surface area contributed by atoms with Crippen molar-refractivity contribution in [2.75, 3.05) is 13.1 Å². The fourth-order valence-electron chi connectivity index (χ4n) is 4.82. The number of amides is 1. The molecule has 0 saturated carbocycles. The van der Waals surface area contributed by atoms with Gasteiger partial charge in [-0.3, -0.25) is 4.79 Å². The van der Waals surface area contributed by atoms with Crippen molar-refractivity contribution in [2.24, 2.45) is 0 Å². The monoisotopic (exact) mass is 426 g/mol. The largest absolute Gasteiger partial charge is 0.369 e. The highest BCUT2D eigenvalue weighted by molar-refractivity contribution is 5.97. The third-order valence-electron chi connectivity index (χ3n) is 6.70. The van der Waals surface area contributed by atoms with Gasteiger partial charge in [-0.05, 0) is 67.5 Å². The Kier molecular flexibility index (Phi) is 5.28. The molecule has 0 bridgehead atoms. The van der Waals surface area contributed by atoms with Gasteiger partial charge in [0, 0.05) is 24.2 Å². The molecule has 1 N–H and O–H groups in total. The van der Waals surface area contributed by atoms with E-state index in [-0.39, 0.29) is 5.91 Å². The number of aryl methyl sites for hydroxylation is 2. The average Bonchev–Trinajstić information content (AvgIpc) is 3.41. The van der Waals surface area contributed by atoms with Crippen molar-refractivity contribution in [3.05, 3.63) is 75.6 Å². The molecule has 2 aliphatic heterocycles. The third kappa shape index (κ3) is 3.69. The van der Waals surface area contributed by atoms with Crippen molar-refractivity contribution in [1.29, 1.82) is 5.26 Å². The summed E-state index contributed by atoms with van der Waals surface area (Å²) in [6, 6.07) is 14.1. The second-order valence-corrected chi connectivity index (χ2v) is 8.79. The van der Waals surface area contributed by atoms with Crippen LogP contribution in [0.2, 0.25) is 0 Å². The summed E-state index contributed by atoms with van der Waals surface area (Å²) in [4.78, 5) is 23.5. The Hall–Kier alpha value is -3.43. The first-order chi connectivity index (χ1) is 15.5. The van der Waals surface area contributed by atoms with E-state index >= 15 is 0 Å². The lowest BCUT2D eigenvalue weighted by Crippen LogP contribution is -2.38. The van der Waals surface area contributed by atoms with Crippen molar-refractivity contribution in [2.45, 2.75) is 45.8 Å². The molecule has 2 aromatic carbocycles. The zero-order valence-electron chi connectivity index (χ0n) is 18.4. The number of carbonyl (C=O) groups excluding carboxylic acids is 1. The highest BCUT2D eigenvalue weighted by atomic mass is 16.5. The summed E-state index contributed by atoms with van der Waals surface area (Å²) in [6.45, 7) is 6.63. The molecule has 1 aromatic heterocycles. The van der Waals surface area contributed by atoms with Crippen LogP contribution in [0.15, 0.2) is 36.4 Å². The maximum absolute atomic E-state index is 13.4. The van der Waals surface area contributed by atoms with E-state index in [1.807, 2.05) is 42.2 Å². The van der Waals surface area contributed by atoms with Crippen LogP contribution >= 0.6 is 0 Å². The summed E-state index contributed by atoms with van der Waals surface area (Å²) in [5.74, 6) is 1.32. The normalized spacial score (nSPS) is 16.1. The first-order valence-corrected chi connectivity index (χ1v) is 11.1. The summed E-state index contributed by atoms with van der Waals surface area (Å²) in [5.41, 5.74) is 7.73. The van der Waals surface area contributed by atoms with E-state index in [1.165, 1.54) is 5.56 Å². The molecule has 0 aliphatic carbocycles. The van der Waals surface area contributed by atoms with E-state index in [0.717, 1.165) is 65.4 Å². The van der Waals surface area contributed by atoms with Crippen LogP contribution < -0.4 is 0 Å². The van der Waals surface area contributed by atoms with Gasteiger partial charge in [0.1, 0.15) is 5.82 Å². The van der Waals surface area contributed by atoms with Gasteiger partial charge in [0.05, 0.1) is 36.2 Å². The molecule has 2 aliphatic rings. The fraction of sp³-hybridized carbons (Fsp3) is 0.346. The van der Waals surface area contributed by atoms with Crippen LogP contribution in [0.25, 0.3) is 11.4 Å². The number of rotatable bonds is 3. The Bertz CT molecular complexity index is 1190. The van der Waals surface area contributed by atoms with Gasteiger partial charge < -0.3 is 14.6 Å². The summed E-state index contributed by atoms with van der Waals surface area (Å²) in [6.07, 6.45) is 1.86. The predicted molar refractivity (Wildman–Crippen MR) is 121 cm³/mol. The van der Waals surface area contributed by atoms with Gasteiger partial charge in [-0.2, -0.15) is 5.26 Å². The van der Waals surface area contributed by atoms with Crippen LogP contribution in [0.5, 0.6) is 0 Å². The minimum atomic E-state index is 0.0875. The van der Waals surface area contributed by atoms with Gasteiger partial charge >= 0.3 is 0 Å². The highest BCUT2D eigenvalue weighted by Crippen LogP contribution is 2.31. The van der Waals surface area contributed by atoms with Crippen LogP contribution in [0.3, 0.4) is 0 Å². The Balaban J connectivity index is 1.33. The molecule has 6 nitrogen and oxygen atoms in total.